The Labute approximate surface area is 543 Å². The Morgan fingerprint density at radius 3 is 1.28 bits per heavy atom. The summed E-state index contributed by atoms with van der Waals surface area (Å²) in [6.07, 6.45) is -1.40. The molecule has 93 heavy (non-hydrogen) atoms. The van der Waals surface area contributed by atoms with Crippen molar-refractivity contribution in [3.8, 4) is 0 Å². The number of halogens is 3. The Balaban J connectivity index is 0.000000116. The van der Waals surface area contributed by atoms with E-state index in [0.717, 1.165) is 33.0 Å². The van der Waals surface area contributed by atoms with Gasteiger partial charge in [-0.1, -0.05) is 53.0 Å². The van der Waals surface area contributed by atoms with Gasteiger partial charge in [-0.3, -0.25) is 9.59 Å². The highest BCUT2D eigenvalue weighted by Gasteiger charge is 2.61. The maximum atomic E-state index is 12.4. The zero-order chi connectivity index (χ0) is 64.7. The summed E-state index contributed by atoms with van der Waals surface area (Å²) in [6, 6.07) is 21.6. The van der Waals surface area contributed by atoms with E-state index in [1.165, 1.54) is 19.0 Å². The lowest BCUT2D eigenvalue weighted by molar-refractivity contribution is -0.232. The van der Waals surface area contributed by atoms with Gasteiger partial charge in [0.1, 0.15) is 114 Å². The van der Waals surface area contributed by atoms with E-state index in [4.69, 9.17) is 99.4 Å². The van der Waals surface area contributed by atoms with E-state index in [1.54, 1.807) is 47.2 Å². The first kappa shape index (κ1) is 61.5. The van der Waals surface area contributed by atoms with Gasteiger partial charge in [-0.25, -0.2) is 29.9 Å². The van der Waals surface area contributed by atoms with Crippen molar-refractivity contribution in [2.75, 3.05) is 17.2 Å². The summed E-state index contributed by atoms with van der Waals surface area (Å²) in [5.74, 6) is -1.34. The smallest absolute Gasteiger partial charge is 0.310 e. The zero-order valence-electron chi connectivity index (χ0n) is 49.9. The molecule has 0 aliphatic carbocycles. The van der Waals surface area contributed by atoms with Crippen molar-refractivity contribution in [2.45, 2.75) is 157 Å². The van der Waals surface area contributed by atoms with Crippen LogP contribution in [0.25, 0.3) is 33.1 Å². The molecule has 9 aromatic rings. The SMILES string of the molecule is CC1(C)O[C@H]2[C@@H](O1)[C@H](n1ccc3c(N)ncnc31)O[C@@H]2[C@@H]1OC(=O)Cc2cc(Cl)ccc21.CC1(C)O[C@H]2[C@@H](O1)[C@H](n1ccc3c(N)ncnc31)O[C@@H]2[C@@H]1OC(O)Cc2cc(Cl)ccc21.Nc1ncnc2c1ccn2[C@@H]1O[C@H]([C@@H]2OC(=O)Cc3cc(Cl)ccc32)[C@@H](O)[C@H]1O. The summed E-state index contributed by atoms with van der Waals surface area (Å²) in [4.78, 5) is 49.6. The second kappa shape index (κ2) is 23.3. The number of aromatic nitrogens is 9. The van der Waals surface area contributed by atoms with E-state index < -0.39 is 116 Å². The van der Waals surface area contributed by atoms with Crippen LogP contribution in [-0.2, 0) is 76.2 Å². The van der Waals surface area contributed by atoms with Crippen LogP contribution in [0.3, 0.4) is 0 Å². The fraction of sp³-hybridized carbons (Fsp3) is 0.397. The molecule has 6 aromatic heterocycles. The van der Waals surface area contributed by atoms with Crippen molar-refractivity contribution in [1.29, 1.82) is 0 Å². The first-order valence-corrected chi connectivity index (χ1v) is 31.0. The summed E-state index contributed by atoms with van der Waals surface area (Å²) in [5.41, 5.74) is 24.6. The van der Waals surface area contributed by atoms with Crippen LogP contribution in [0.1, 0.15) is 98.1 Å². The maximum Gasteiger partial charge on any atom is 0.310 e. The Morgan fingerprint density at radius 1 is 0.452 bits per heavy atom. The molecular weight excluding hydrogens is 1270 g/mol. The van der Waals surface area contributed by atoms with Crippen LogP contribution in [0, 0.1) is 0 Å². The molecule has 9 N–H and O–H groups in total. The zero-order valence-corrected chi connectivity index (χ0v) is 52.2. The molecule has 0 radical (unpaired) electrons. The number of benzene rings is 3. The maximum absolute atomic E-state index is 12.4. The van der Waals surface area contributed by atoms with Crippen LogP contribution < -0.4 is 17.2 Å². The second-order valence-corrected chi connectivity index (χ2v) is 26.0. The second-order valence-electron chi connectivity index (χ2n) is 24.7. The highest BCUT2D eigenvalue weighted by atomic mass is 35.5. The lowest BCUT2D eigenvalue weighted by Gasteiger charge is -2.35. The molecule has 0 amide bonds. The number of ether oxygens (including phenoxy) is 10. The van der Waals surface area contributed by atoms with Crippen LogP contribution in [-0.4, -0.2) is 144 Å². The highest BCUT2D eigenvalue weighted by Crippen LogP contribution is 2.52. The molecule has 0 bridgehead atoms. The van der Waals surface area contributed by atoms with Crippen molar-refractivity contribution in [3.63, 3.8) is 0 Å². The molecular formula is C63H61Cl3N12O15. The molecule has 5 saturated heterocycles. The summed E-state index contributed by atoms with van der Waals surface area (Å²) in [7, 11) is 0. The normalized spacial score (nSPS) is 31.2. The van der Waals surface area contributed by atoms with E-state index in [0.29, 0.717) is 72.4 Å². The number of nitrogens with zero attached hydrogens (tertiary/aromatic N) is 9. The molecule has 0 saturated carbocycles. The third kappa shape index (κ3) is 11.0. The number of cyclic esters (lactones) is 2. The van der Waals surface area contributed by atoms with Gasteiger partial charge in [0, 0.05) is 40.1 Å². The van der Waals surface area contributed by atoms with Crippen LogP contribution >= 0.6 is 34.8 Å². The number of hydrogen-bond donors (Lipinski definition) is 6. The number of hydrogen-bond acceptors (Lipinski definition) is 24. The first-order chi connectivity index (χ1) is 44.5. The van der Waals surface area contributed by atoms with Crippen LogP contribution in [0.15, 0.2) is 110 Å². The fourth-order valence-electron chi connectivity index (χ4n) is 14.0. The minimum atomic E-state index is -1.30. The molecule has 8 aliphatic rings. The highest BCUT2D eigenvalue weighted by molar-refractivity contribution is 6.31. The minimum Gasteiger partial charge on any atom is -0.454 e. The van der Waals surface area contributed by atoms with Crippen molar-refractivity contribution in [1.82, 2.24) is 43.6 Å². The van der Waals surface area contributed by atoms with E-state index in [2.05, 4.69) is 29.9 Å². The van der Waals surface area contributed by atoms with Gasteiger partial charge in [0.05, 0.1) is 29.0 Å². The van der Waals surface area contributed by atoms with Gasteiger partial charge in [-0.2, -0.15) is 0 Å². The van der Waals surface area contributed by atoms with Crippen LogP contribution in [0.2, 0.25) is 15.1 Å². The molecule has 30 heteroatoms. The number of carbonyl (C=O) groups is 2. The summed E-state index contributed by atoms with van der Waals surface area (Å²) in [6.45, 7) is 7.46. The Hall–Kier alpha value is -7.71. The van der Waals surface area contributed by atoms with Crippen LogP contribution in [0.4, 0.5) is 17.5 Å². The van der Waals surface area contributed by atoms with Gasteiger partial charge < -0.3 is 93.6 Å². The van der Waals surface area contributed by atoms with Gasteiger partial charge in [0.15, 0.2) is 48.8 Å². The van der Waals surface area contributed by atoms with Gasteiger partial charge in [-0.15, -0.1) is 0 Å². The van der Waals surface area contributed by atoms with E-state index in [9.17, 15) is 24.9 Å². The number of aliphatic hydroxyl groups excluding tert-OH is 3. The molecule has 16 atom stereocenters. The molecule has 5 fully saturated rings. The Morgan fingerprint density at radius 2 is 0.828 bits per heavy atom. The lowest BCUT2D eigenvalue weighted by Crippen LogP contribution is -2.39. The number of fused-ring (bicyclic) bond motifs is 8. The Bertz CT molecular complexity index is 4440. The molecule has 17 rings (SSSR count). The number of nitrogen functional groups attached to an aromatic ring is 3. The van der Waals surface area contributed by atoms with E-state index in [-0.39, 0.29) is 18.8 Å². The van der Waals surface area contributed by atoms with Gasteiger partial charge in [0.2, 0.25) is 0 Å². The number of anilines is 3. The average molecular weight is 1330 g/mol. The molecule has 484 valence electrons. The summed E-state index contributed by atoms with van der Waals surface area (Å²) < 4.78 is 66.6. The topological polar surface area (TPSA) is 357 Å². The predicted molar refractivity (Wildman–Crippen MR) is 330 cm³/mol. The minimum absolute atomic E-state index is 0.0830. The summed E-state index contributed by atoms with van der Waals surface area (Å²) in [5, 5.41) is 35.5. The first-order valence-electron chi connectivity index (χ1n) is 29.9. The van der Waals surface area contributed by atoms with Gasteiger partial charge in [0.25, 0.3) is 0 Å². The molecule has 1 unspecified atom stereocenters. The average Bonchev–Trinajstić information content (AvgIpc) is 1.60. The van der Waals surface area contributed by atoms with E-state index in [1.807, 2.05) is 85.6 Å². The van der Waals surface area contributed by atoms with Crippen molar-refractivity contribution >= 4 is 97.3 Å². The fourth-order valence-corrected chi connectivity index (χ4v) is 14.6. The number of rotatable bonds is 6. The monoisotopic (exact) mass is 1330 g/mol. The third-order valence-electron chi connectivity index (χ3n) is 17.9. The molecule has 27 nitrogen and oxygen atoms in total. The molecule has 0 spiro atoms. The number of carbonyl (C=O) groups excluding carboxylic acids is 2. The number of nitrogens with two attached hydrogens (primary N) is 3. The standard InChI is InChI=1S/C22H23ClN4O5.C22H21ClN4O5.C19H17ClN4O5/c2*1-22(2)31-17-16(15-12-4-3-11(23)7-10(12)8-14(28)29-15)30-21(18(17)32-22)27-6-5-13-19(24)25-9-26-20(13)27;20-9-1-2-10-8(5-9)6-12(25)28-15(10)16-13(26)14(27)19(29-16)24-4-3-11-17(21)22-7-23-18(11)24/h3-7,9,14-18,21,28H,8H2,1-2H3,(H2,24,25,26);3-7,9,15-18,21H,8H2,1-2H3,(H2,24,25,26);1-5,7,13-16,19,26-27H,6H2,(H2,21,22,23)/t14?,15-,16-,17-,18-,21-;15-,16-,17-,18-,21-;13-,14+,15+,16-,19+/m110/s1. The van der Waals surface area contributed by atoms with Crippen molar-refractivity contribution < 1.29 is 72.3 Å². The summed E-state index contributed by atoms with van der Waals surface area (Å²) >= 11 is 18.4. The number of aliphatic hydroxyl groups is 3. The Kier molecular flexibility index (Phi) is 15.4. The molecule has 3 aromatic carbocycles. The van der Waals surface area contributed by atoms with Crippen molar-refractivity contribution in [3.05, 3.63) is 159 Å². The van der Waals surface area contributed by atoms with Crippen molar-refractivity contribution in [2.24, 2.45) is 0 Å². The predicted octanol–water partition coefficient (Wildman–Crippen LogP) is 6.77. The van der Waals surface area contributed by atoms with E-state index >= 15 is 0 Å². The van der Waals surface area contributed by atoms with Gasteiger partial charge in [-0.05, 0) is 116 Å². The third-order valence-corrected chi connectivity index (χ3v) is 18.6. The quantitative estimate of drug-likeness (QED) is 0.0935. The number of esters is 2. The molecule has 8 aliphatic heterocycles. The largest absolute Gasteiger partial charge is 0.454 e. The van der Waals surface area contributed by atoms with Gasteiger partial charge >= 0.3 is 11.9 Å². The molecule has 14 heterocycles. The lowest BCUT2D eigenvalue weighted by atomic mass is 9.91. The van der Waals surface area contributed by atoms with Crippen LogP contribution in [0.5, 0.6) is 0 Å².